The number of benzene rings is 1. The largest absolute Gasteiger partial charge is 0.469 e. The van der Waals surface area contributed by atoms with E-state index in [4.69, 9.17) is 10.5 Å². The minimum absolute atomic E-state index is 0.101. The van der Waals surface area contributed by atoms with Gasteiger partial charge in [0.1, 0.15) is 11.5 Å². The predicted molar refractivity (Wildman–Crippen MR) is 127 cm³/mol. The second-order valence-corrected chi connectivity index (χ2v) is 8.10. The minimum Gasteiger partial charge on any atom is -0.469 e. The van der Waals surface area contributed by atoms with Crippen molar-refractivity contribution in [3.8, 4) is 28.7 Å². The number of nitriles is 1. The van der Waals surface area contributed by atoms with Crippen LogP contribution in [-0.2, 0) is 16.1 Å². The average Bonchev–Trinajstić information content (AvgIpc) is 3.31. The Morgan fingerprint density at radius 3 is 2.71 bits per heavy atom. The summed E-state index contributed by atoms with van der Waals surface area (Å²) in [5.41, 5.74) is 9.69. The van der Waals surface area contributed by atoms with Crippen molar-refractivity contribution in [2.75, 3.05) is 30.8 Å². The van der Waals surface area contributed by atoms with E-state index in [1.54, 1.807) is 35.1 Å². The van der Waals surface area contributed by atoms with E-state index >= 15 is 0 Å². The number of rotatable bonds is 6. The van der Waals surface area contributed by atoms with Gasteiger partial charge in [0.2, 0.25) is 5.95 Å². The number of hydrogen-bond acceptors (Lipinski definition) is 10. The number of nitrogens with two attached hydrogens (primary N) is 1. The number of carbonyl (C=O) groups excluding carboxylic acids is 1. The molecule has 11 heteroatoms. The quantitative estimate of drug-likeness (QED) is 0.417. The molecule has 1 aliphatic rings. The molecule has 35 heavy (non-hydrogen) atoms. The Morgan fingerprint density at radius 1 is 1.11 bits per heavy atom. The summed E-state index contributed by atoms with van der Waals surface area (Å²) in [6, 6.07) is 16.7. The van der Waals surface area contributed by atoms with Crippen LogP contribution in [0.25, 0.3) is 22.6 Å². The van der Waals surface area contributed by atoms with E-state index in [2.05, 4.69) is 31.3 Å². The van der Waals surface area contributed by atoms with Crippen molar-refractivity contribution in [1.29, 1.82) is 5.26 Å². The van der Waals surface area contributed by atoms with Crippen LogP contribution in [0.5, 0.6) is 0 Å². The molecular formula is C24H21N9O2. The van der Waals surface area contributed by atoms with Gasteiger partial charge in [-0.15, -0.1) is 5.10 Å². The van der Waals surface area contributed by atoms with E-state index in [1.165, 1.54) is 7.11 Å². The van der Waals surface area contributed by atoms with E-state index < -0.39 is 0 Å². The molecule has 5 rings (SSSR count). The standard InChI is InChI=1S/C24H21N9O2/c1-35-23(34)17-11-32(12-17)22-7-3-6-18(27-22)13-33-14-21(30-31-33)20-9-19(28-24(26)29-20)16-5-2-4-15(8-16)10-25/h2-9,14,17H,11-13H2,1H3,(H2,26,28,29). The molecule has 0 bridgehead atoms. The Morgan fingerprint density at radius 2 is 1.91 bits per heavy atom. The maximum atomic E-state index is 11.6. The number of aromatic nitrogens is 6. The third-order valence-electron chi connectivity index (χ3n) is 5.69. The van der Waals surface area contributed by atoms with Crippen LogP contribution in [0.3, 0.4) is 0 Å². The summed E-state index contributed by atoms with van der Waals surface area (Å²) in [7, 11) is 1.40. The number of nitrogens with zero attached hydrogens (tertiary/aromatic N) is 8. The zero-order valence-corrected chi connectivity index (χ0v) is 18.9. The van der Waals surface area contributed by atoms with Gasteiger partial charge in [0.15, 0.2) is 0 Å². The molecule has 4 heterocycles. The van der Waals surface area contributed by atoms with Gasteiger partial charge in [-0.3, -0.25) is 4.79 Å². The van der Waals surface area contributed by atoms with Gasteiger partial charge in [-0.05, 0) is 30.3 Å². The third kappa shape index (κ3) is 4.63. The first-order valence-corrected chi connectivity index (χ1v) is 10.9. The molecule has 4 aromatic rings. The third-order valence-corrected chi connectivity index (χ3v) is 5.69. The van der Waals surface area contributed by atoms with Crippen molar-refractivity contribution in [2.45, 2.75) is 6.54 Å². The van der Waals surface area contributed by atoms with Crippen molar-refractivity contribution in [2.24, 2.45) is 5.92 Å². The first-order valence-electron chi connectivity index (χ1n) is 10.9. The lowest BCUT2D eigenvalue weighted by atomic mass is 10.0. The van der Waals surface area contributed by atoms with Crippen LogP contribution in [0.4, 0.5) is 11.8 Å². The Hall–Kier alpha value is -4.85. The van der Waals surface area contributed by atoms with Crippen LogP contribution in [0.2, 0.25) is 0 Å². The molecule has 11 nitrogen and oxygen atoms in total. The van der Waals surface area contributed by atoms with Crippen LogP contribution < -0.4 is 10.6 Å². The fourth-order valence-corrected chi connectivity index (χ4v) is 3.86. The number of nitrogen functional groups attached to an aromatic ring is 1. The average molecular weight is 467 g/mol. The molecule has 174 valence electrons. The Bertz CT molecular complexity index is 1440. The van der Waals surface area contributed by atoms with Gasteiger partial charge in [-0.2, -0.15) is 5.26 Å². The molecule has 0 atom stereocenters. The van der Waals surface area contributed by atoms with E-state index in [9.17, 15) is 10.1 Å². The molecule has 1 aromatic carbocycles. The highest BCUT2D eigenvalue weighted by Gasteiger charge is 2.34. The molecule has 1 aliphatic heterocycles. The maximum absolute atomic E-state index is 11.6. The number of esters is 1. The number of ether oxygens (including phenoxy) is 1. The van der Waals surface area contributed by atoms with E-state index in [0.717, 1.165) is 17.1 Å². The molecule has 1 saturated heterocycles. The lowest BCUT2D eigenvalue weighted by Gasteiger charge is -2.38. The molecule has 1 fully saturated rings. The molecule has 0 aliphatic carbocycles. The Labute approximate surface area is 200 Å². The predicted octanol–water partition coefficient (Wildman–Crippen LogP) is 1.91. The summed E-state index contributed by atoms with van der Waals surface area (Å²) in [5.74, 6) is 0.592. The van der Waals surface area contributed by atoms with Crippen LogP contribution in [-0.4, -0.2) is 56.1 Å². The number of carbonyl (C=O) groups is 1. The number of anilines is 2. The SMILES string of the molecule is COC(=O)C1CN(c2cccc(Cn3cc(-c4cc(-c5cccc(C#N)c5)nc(N)n4)nn3)n2)C1. The van der Waals surface area contributed by atoms with Crippen molar-refractivity contribution in [3.05, 3.63) is 66.0 Å². The lowest BCUT2D eigenvalue weighted by Crippen LogP contribution is -2.51. The zero-order chi connectivity index (χ0) is 24.4. The van der Waals surface area contributed by atoms with E-state index in [1.807, 2.05) is 29.2 Å². The maximum Gasteiger partial charge on any atom is 0.312 e. The van der Waals surface area contributed by atoms with E-state index in [-0.39, 0.29) is 17.8 Å². The highest BCUT2D eigenvalue weighted by atomic mass is 16.5. The summed E-state index contributed by atoms with van der Waals surface area (Å²) in [6.45, 7) is 1.59. The van der Waals surface area contributed by atoms with Crippen molar-refractivity contribution >= 4 is 17.7 Å². The Balaban J connectivity index is 1.33. The normalized spacial score (nSPS) is 13.2. The molecular weight excluding hydrogens is 446 g/mol. The zero-order valence-electron chi connectivity index (χ0n) is 18.9. The van der Waals surface area contributed by atoms with Gasteiger partial charge in [0.25, 0.3) is 0 Å². The molecule has 0 amide bonds. The van der Waals surface area contributed by atoms with Gasteiger partial charge < -0.3 is 15.4 Å². The van der Waals surface area contributed by atoms with Crippen LogP contribution in [0, 0.1) is 17.2 Å². The fourth-order valence-electron chi connectivity index (χ4n) is 3.86. The van der Waals surface area contributed by atoms with Gasteiger partial charge in [0.05, 0.1) is 54.5 Å². The second kappa shape index (κ2) is 9.18. The fraction of sp³-hybridized carbons (Fsp3) is 0.208. The summed E-state index contributed by atoms with van der Waals surface area (Å²) in [5, 5.41) is 17.6. The van der Waals surface area contributed by atoms with Crippen molar-refractivity contribution in [1.82, 2.24) is 29.9 Å². The van der Waals surface area contributed by atoms with Gasteiger partial charge in [-0.25, -0.2) is 19.6 Å². The summed E-state index contributed by atoms with van der Waals surface area (Å²) < 4.78 is 6.47. The number of pyridine rings is 1. The van der Waals surface area contributed by atoms with Crippen molar-refractivity contribution < 1.29 is 9.53 Å². The Kier molecular flexibility index (Phi) is 5.76. The molecule has 0 radical (unpaired) electrons. The minimum atomic E-state index is -0.196. The van der Waals surface area contributed by atoms with Gasteiger partial charge in [0, 0.05) is 18.7 Å². The number of methoxy groups -OCH3 is 1. The molecule has 0 unspecified atom stereocenters. The molecule has 0 spiro atoms. The molecule has 2 N–H and O–H groups in total. The van der Waals surface area contributed by atoms with Crippen LogP contribution in [0.15, 0.2) is 54.7 Å². The second-order valence-electron chi connectivity index (χ2n) is 8.10. The smallest absolute Gasteiger partial charge is 0.312 e. The van der Waals surface area contributed by atoms with Crippen molar-refractivity contribution in [3.63, 3.8) is 0 Å². The molecule has 0 saturated carbocycles. The van der Waals surface area contributed by atoms with Gasteiger partial charge in [-0.1, -0.05) is 23.4 Å². The summed E-state index contributed by atoms with van der Waals surface area (Å²) >= 11 is 0. The van der Waals surface area contributed by atoms with Crippen LogP contribution in [0.1, 0.15) is 11.3 Å². The topological polar surface area (TPSA) is 149 Å². The summed E-state index contributed by atoms with van der Waals surface area (Å²) in [4.78, 5) is 27.0. The van der Waals surface area contributed by atoms with E-state index in [0.29, 0.717) is 42.3 Å². The number of hydrogen-bond donors (Lipinski definition) is 1. The lowest BCUT2D eigenvalue weighted by molar-refractivity contribution is -0.146. The van der Waals surface area contributed by atoms with Crippen LogP contribution >= 0.6 is 0 Å². The first-order chi connectivity index (χ1) is 17.0. The highest BCUT2D eigenvalue weighted by Crippen LogP contribution is 2.25. The summed E-state index contributed by atoms with van der Waals surface area (Å²) in [6.07, 6.45) is 1.77. The van der Waals surface area contributed by atoms with Gasteiger partial charge >= 0.3 is 5.97 Å². The first kappa shape index (κ1) is 22.0. The highest BCUT2D eigenvalue weighted by molar-refractivity contribution is 5.76. The molecule has 3 aromatic heterocycles. The monoisotopic (exact) mass is 467 g/mol.